The van der Waals surface area contributed by atoms with Crippen molar-refractivity contribution in [2.75, 3.05) is 7.11 Å². The fourth-order valence-electron chi connectivity index (χ4n) is 2.24. The zero-order valence-electron chi connectivity index (χ0n) is 12.7. The Hall–Kier alpha value is -2.17. The van der Waals surface area contributed by atoms with Crippen molar-refractivity contribution in [1.29, 1.82) is 0 Å². The van der Waals surface area contributed by atoms with E-state index in [0.29, 0.717) is 13.2 Å². The van der Waals surface area contributed by atoms with E-state index < -0.39 is 6.10 Å². The van der Waals surface area contributed by atoms with Crippen LogP contribution in [0.3, 0.4) is 0 Å². The van der Waals surface area contributed by atoms with E-state index in [-0.39, 0.29) is 12.3 Å². The molecule has 1 unspecified atom stereocenters. The quantitative estimate of drug-likeness (QED) is 0.826. The number of aliphatic hydroxyl groups excluding tert-OH is 1. The third-order valence-electron chi connectivity index (χ3n) is 3.36. The van der Waals surface area contributed by atoms with Crippen LogP contribution < -0.4 is 5.32 Å². The number of amides is 1. The summed E-state index contributed by atoms with van der Waals surface area (Å²) in [6, 6.07) is 17.1. The molecule has 2 aromatic carbocycles. The van der Waals surface area contributed by atoms with E-state index in [0.717, 1.165) is 16.7 Å². The van der Waals surface area contributed by atoms with Gasteiger partial charge in [0.05, 0.1) is 19.1 Å². The van der Waals surface area contributed by atoms with Crippen molar-refractivity contribution in [3.05, 3.63) is 71.3 Å². The van der Waals surface area contributed by atoms with Gasteiger partial charge in [-0.25, -0.2) is 0 Å². The standard InChI is InChI=1S/C18H21NO3/c1-22-13-15-7-5-6-14(10-15)12-19-18(21)11-17(20)16-8-3-2-4-9-16/h2-10,17,20H,11-13H2,1H3,(H,19,21). The second-order valence-electron chi connectivity index (χ2n) is 5.16. The lowest BCUT2D eigenvalue weighted by atomic mass is 10.1. The lowest BCUT2D eigenvalue weighted by Crippen LogP contribution is -2.24. The van der Waals surface area contributed by atoms with Gasteiger partial charge >= 0.3 is 0 Å². The van der Waals surface area contributed by atoms with Crippen LogP contribution in [0, 0.1) is 0 Å². The van der Waals surface area contributed by atoms with E-state index in [4.69, 9.17) is 4.74 Å². The van der Waals surface area contributed by atoms with Gasteiger partial charge < -0.3 is 15.2 Å². The minimum Gasteiger partial charge on any atom is -0.388 e. The SMILES string of the molecule is COCc1cccc(CNC(=O)CC(O)c2ccccc2)c1. The summed E-state index contributed by atoms with van der Waals surface area (Å²) >= 11 is 0. The van der Waals surface area contributed by atoms with E-state index in [2.05, 4.69) is 5.32 Å². The topological polar surface area (TPSA) is 58.6 Å². The number of aliphatic hydroxyl groups is 1. The predicted molar refractivity (Wildman–Crippen MR) is 85.0 cm³/mol. The van der Waals surface area contributed by atoms with Gasteiger partial charge in [0.25, 0.3) is 0 Å². The van der Waals surface area contributed by atoms with Crippen molar-refractivity contribution in [3.8, 4) is 0 Å². The van der Waals surface area contributed by atoms with Gasteiger partial charge in [-0.1, -0.05) is 54.6 Å². The number of rotatable bonds is 7. The molecule has 0 aromatic heterocycles. The monoisotopic (exact) mass is 299 g/mol. The molecule has 0 spiro atoms. The van der Waals surface area contributed by atoms with Crippen LogP contribution in [0.4, 0.5) is 0 Å². The highest BCUT2D eigenvalue weighted by molar-refractivity contribution is 5.76. The van der Waals surface area contributed by atoms with Gasteiger partial charge in [0.2, 0.25) is 5.91 Å². The fourth-order valence-corrected chi connectivity index (χ4v) is 2.24. The Morgan fingerprint density at radius 1 is 1.14 bits per heavy atom. The number of carbonyl (C=O) groups excluding carboxylic acids is 1. The molecule has 0 saturated carbocycles. The van der Waals surface area contributed by atoms with Gasteiger partial charge in [0.1, 0.15) is 0 Å². The van der Waals surface area contributed by atoms with Crippen molar-refractivity contribution < 1.29 is 14.6 Å². The predicted octanol–water partition coefficient (Wildman–Crippen LogP) is 2.57. The summed E-state index contributed by atoms with van der Waals surface area (Å²) in [4.78, 5) is 11.9. The molecule has 0 bridgehead atoms. The number of carbonyl (C=O) groups is 1. The molecule has 4 nitrogen and oxygen atoms in total. The highest BCUT2D eigenvalue weighted by Crippen LogP contribution is 2.15. The Morgan fingerprint density at radius 3 is 2.59 bits per heavy atom. The third kappa shape index (κ3) is 4.98. The maximum atomic E-state index is 11.9. The van der Waals surface area contributed by atoms with Crippen LogP contribution in [0.2, 0.25) is 0 Å². The molecule has 2 aromatic rings. The summed E-state index contributed by atoms with van der Waals surface area (Å²) in [6.07, 6.45) is -0.720. The molecule has 0 aliphatic carbocycles. The van der Waals surface area contributed by atoms with Crippen LogP contribution in [0.25, 0.3) is 0 Å². The summed E-state index contributed by atoms with van der Waals surface area (Å²) in [5.74, 6) is -0.173. The van der Waals surface area contributed by atoms with Crippen LogP contribution >= 0.6 is 0 Å². The summed E-state index contributed by atoms with van der Waals surface area (Å²) in [5.41, 5.74) is 2.83. The Morgan fingerprint density at radius 2 is 1.86 bits per heavy atom. The first-order valence-electron chi connectivity index (χ1n) is 7.25. The molecule has 1 amide bonds. The molecule has 22 heavy (non-hydrogen) atoms. The second kappa shape index (κ2) is 8.32. The molecule has 0 aliphatic heterocycles. The van der Waals surface area contributed by atoms with Gasteiger partial charge in [0, 0.05) is 13.7 Å². The maximum Gasteiger partial charge on any atom is 0.223 e. The molecule has 0 heterocycles. The Bertz CT molecular complexity index is 598. The molecular weight excluding hydrogens is 278 g/mol. The average Bonchev–Trinajstić information content (AvgIpc) is 2.54. The van der Waals surface area contributed by atoms with Crippen molar-refractivity contribution in [1.82, 2.24) is 5.32 Å². The molecule has 1 atom stereocenters. The van der Waals surface area contributed by atoms with Gasteiger partial charge in [-0.3, -0.25) is 4.79 Å². The Labute approximate surface area is 130 Å². The van der Waals surface area contributed by atoms with Gasteiger partial charge in [-0.2, -0.15) is 0 Å². The summed E-state index contributed by atoms with van der Waals surface area (Å²) in [6.45, 7) is 0.992. The van der Waals surface area contributed by atoms with Crippen molar-refractivity contribution in [2.24, 2.45) is 0 Å². The van der Waals surface area contributed by atoms with Crippen LogP contribution in [0.15, 0.2) is 54.6 Å². The number of hydrogen-bond acceptors (Lipinski definition) is 3. The second-order valence-corrected chi connectivity index (χ2v) is 5.16. The normalized spacial score (nSPS) is 11.9. The molecule has 0 saturated heterocycles. The number of hydrogen-bond donors (Lipinski definition) is 2. The summed E-state index contributed by atoms with van der Waals surface area (Å²) < 4.78 is 5.09. The number of benzene rings is 2. The molecule has 0 aliphatic rings. The minimum absolute atomic E-state index is 0.0573. The first kappa shape index (κ1) is 16.2. The Balaban J connectivity index is 1.84. The van der Waals surface area contributed by atoms with Gasteiger partial charge in [-0.05, 0) is 16.7 Å². The number of methoxy groups -OCH3 is 1. The van der Waals surface area contributed by atoms with E-state index in [1.54, 1.807) is 7.11 Å². The number of ether oxygens (including phenoxy) is 1. The average molecular weight is 299 g/mol. The molecule has 0 radical (unpaired) electrons. The van der Waals surface area contributed by atoms with Crippen molar-refractivity contribution in [2.45, 2.75) is 25.7 Å². The molecule has 0 fully saturated rings. The van der Waals surface area contributed by atoms with Crippen LogP contribution in [0.1, 0.15) is 29.2 Å². The van der Waals surface area contributed by atoms with Crippen LogP contribution in [-0.2, 0) is 22.7 Å². The smallest absolute Gasteiger partial charge is 0.223 e. The number of nitrogens with one attached hydrogen (secondary N) is 1. The lowest BCUT2D eigenvalue weighted by Gasteiger charge is -2.11. The zero-order chi connectivity index (χ0) is 15.8. The molecule has 2 N–H and O–H groups in total. The minimum atomic E-state index is -0.777. The third-order valence-corrected chi connectivity index (χ3v) is 3.36. The van der Waals surface area contributed by atoms with Gasteiger partial charge in [-0.15, -0.1) is 0 Å². The van der Waals surface area contributed by atoms with Crippen LogP contribution in [-0.4, -0.2) is 18.1 Å². The molecule has 116 valence electrons. The van der Waals surface area contributed by atoms with Crippen LogP contribution in [0.5, 0.6) is 0 Å². The van der Waals surface area contributed by atoms with Crippen molar-refractivity contribution >= 4 is 5.91 Å². The lowest BCUT2D eigenvalue weighted by molar-refractivity contribution is -0.123. The Kier molecular flexibility index (Phi) is 6.13. The molecular formula is C18H21NO3. The summed E-state index contributed by atoms with van der Waals surface area (Å²) in [7, 11) is 1.65. The summed E-state index contributed by atoms with van der Waals surface area (Å²) in [5, 5.41) is 12.9. The first-order valence-corrected chi connectivity index (χ1v) is 7.25. The highest BCUT2D eigenvalue weighted by Gasteiger charge is 2.12. The fraction of sp³-hybridized carbons (Fsp3) is 0.278. The maximum absolute atomic E-state index is 11.9. The van der Waals surface area contributed by atoms with E-state index in [1.165, 1.54) is 0 Å². The largest absolute Gasteiger partial charge is 0.388 e. The van der Waals surface area contributed by atoms with E-state index in [1.807, 2.05) is 54.6 Å². The zero-order valence-corrected chi connectivity index (χ0v) is 12.7. The van der Waals surface area contributed by atoms with E-state index in [9.17, 15) is 9.90 Å². The highest BCUT2D eigenvalue weighted by atomic mass is 16.5. The molecule has 2 rings (SSSR count). The van der Waals surface area contributed by atoms with E-state index >= 15 is 0 Å². The van der Waals surface area contributed by atoms with Gasteiger partial charge in [0.15, 0.2) is 0 Å². The molecule has 4 heteroatoms. The van der Waals surface area contributed by atoms with Crippen molar-refractivity contribution in [3.63, 3.8) is 0 Å². The first-order chi connectivity index (χ1) is 10.7.